The van der Waals surface area contributed by atoms with Crippen LogP contribution in [-0.4, -0.2) is 17.4 Å². The van der Waals surface area contributed by atoms with Gasteiger partial charge < -0.3 is 11.1 Å². The van der Waals surface area contributed by atoms with Crippen LogP contribution in [0.4, 0.5) is 0 Å². The number of benzene rings is 1. The number of nitrogens with zero attached hydrogens (tertiary/aromatic N) is 1. The third-order valence-corrected chi connectivity index (χ3v) is 3.41. The van der Waals surface area contributed by atoms with Gasteiger partial charge in [-0.05, 0) is 29.2 Å². The summed E-state index contributed by atoms with van der Waals surface area (Å²) in [5, 5.41) is 2.81. The van der Waals surface area contributed by atoms with Gasteiger partial charge in [-0.2, -0.15) is 0 Å². The van der Waals surface area contributed by atoms with Crippen molar-refractivity contribution < 1.29 is 4.79 Å². The Kier molecular flexibility index (Phi) is 5.06. The van der Waals surface area contributed by atoms with E-state index in [1.165, 1.54) is 5.56 Å². The summed E-state index contributed by atoms with van der Waals surface area (Å²) in [4.78, 5) is 15.9. The van der Waals surface area contributed by atoms with Crippen LogP contribution in [0.15, 0.2) is 48.7 Å². The highest BCUT2D eigenvalue weighted by Crippen LogP contribution is 2.17. The van der Waals surface area contributed by atoms with E-state index in [2.05, 4.69) is 36.3 Å². The Morgan fingerprint density at radius 3 is 2.38 bits per heavy atom. The third kappa shape index (κ3) is 4.13. The minimum Gasteiger partial charge on any atom is -0.349 e. The van der Waals surface area contributed by atoms with Gasteiger partial charge in [0.15, 0.2) is 0 Å². The first-order valence-corrected chi connectivity index (χ1v) is 7.12. The first-order chi connectivity index (χ1) is 10.1. The van der Waals surface area contributed by atoms with Crippen molar-refractivity contribution in [2.45, 2.75) is 25.8 Å². The van der Waals surface area contributed by atoms with E-state index in [1.807, 2.05) is 12.1 Å². The molecule has 4 nitrogen and oxygen atoms in total. The Morgan fingerprint density at radius 1 is 1.14 bits per heavy atom. The summed E-state index contributed by atoms with van der Waals surface area (Å²) in [5.74, 6) is 0.295. The fourth-order valence-corrected chi connectivity index (χ4v) is 2.04. The van der Waals surface area contributed by atoms with Crippen molar-refractivity contribution in [3.05, 3.63) is 65.5 Å². The van der Waals surface area contributed by atoms with Gasteiger partial charge >= 0.3 is 0 Å². The number of rotatable bonds is 5. The van der Waals surface area contributed by atoms with E-state index < -0.39 is 0 Å². The Balaban J connectivity index is 1.92. The maximum Gasteiger partial charge on any atom is 0.269 e. The second-order valence-electron chi connectivity index (χ2n) is 5.35. The predicted molar refractivity (Wildman–Crippen MR) is 84.0 cm³/mol. The van der Waals surface area contributed by atoms with Crippen molar-refractivity contribution in [1.29, 1.82) is 0 Å². The number of carbonyl (C=O) groups excluding carboxylic acids is 1. The normalized spacial score (nSPS) is 12.2. The Morgan fingerprint density at radius 2 is 1.81 bits per heavy atom. The number of pyridine rings is 1. The van der Waals surface area contributed by atoms with Crippen LogP contribution in [0.25, 0.3) is 0 Å². The second kappa shape index (κ2) is 6.99. The van der Waals surface area contributed by atoms with Crippen molar-refractivity contribution in [3.8, 4) is 0 Å². The SMILES string of the molecule is CC(C)c1ccc(C(N)CNC(=O)c2ccccn2)cc1. The fraction of sp³-hybridized carbons (Fsp3) is 0.294. The van der Waals surface area contributed by atoms with Crippen LogP contribution in [0, 0.1) is 0 Å². The molecule has 21 heavy (non-hydrogen) atoms. The molecule has 1 atom stereocenters. The van der Waals surface area contributed by atoms with Crippen LogP contribution in [0.3, 0.4) is 0 Å². The second-order valence-corrected chi connectivity index (χ2v) is 5.35. The molecule has 1 aromatic carbocycles. The first kappa shape index (κ1) is 15.2. The third-order valence-electron chi connectivity index (χ3n) is 3.41. The molecule has 1 aromatic heterocycles. The molecule has 0 radical (unpaired) electrons. The molecule has 0 bridgehead atoms. The average molecular weight is 283 g/mol. The molecule has 1 heterocycles. The highest BCUT2D eigenvalue weighted by atomic mass is 16.1. The van der Waals surface area contributed by atoms with E-state index in [-0.39, 0.29) is 11.9 Å². The fourth-order valence-electron chi connectivity index (χ4n) is 2.04. The van der Waals surface area contributed by atoms with Crippen LogP contribution < -0.4 is 11.1 Å². The highest BCUT2D eigenvalue weighted by Gasteiger charge is 2.10. The lowest BCUT2D eigenvalue weighted by Gasteiger charge is -2.14. The van der Waals surface area contributed by atoms with Gasteiger partial charge in [-0.25, -0.2) is 0 Å². The molecular formula is C17H21N3O. The summed E-state index contributed by atoms with van der Waals surface area (Å²) in [7, 11) is 0. The van der Waals surface area contributed by atoms with E-state index in [0.29, 0.717) is 18.2 Å². The van der Waals surface area contributed by atoms with E-state index in [0.717, 1.165) is 5.56 Å². The summed E-state index contributed by atoms with van der Waals surface area (Å²) < 4.78 is 0. The molecule has 110 valence electrons. The molecule has 0 aliphatic rings. The van der Waals surface area contributed by atoms with Crippen molar-refractivity contribution in [3.63, 3.8) is 0 Å². The number of hydrogen-bond donors (Lipinski definition) is 2. The summed E-state index contributed by atoms with van der Waals surface area (Å²) in [6, 6.07) is 13.2. The van der Waals surface area contributed by atoms with Crippen LogP contribution in [-0.2, 0) is 0 Å². The minimum atomic E-state index is -0.223. The molecule has 4 heteroatoms. The number of hydrogen-bond acceptors (Lipinski definition) is 3. The zero-order valence-corrected chi connectivity index (χ0v) is 12.4. The molecule has 1 amide bonds. The number of amides is 1. The predicted octanol–water partition coefficient (Wildman–Crippen LogP) is 2.63. The quantitative estimate of drug-likeness (QED) is 0.886. The van der Waals surface area contributed by atoms with Crippen molar-refractivity contribution in [2.75, 3.05) is 6.54 Å². The molecule has 0 aliphatic carbocycles. The Labute approximate surface area is 125 Å². The van der Waals surface area contributed by atoms with Crippen molar-refractivity contribution >= 4 is 5.91 Å². The molecule has 2 aromatic rings. The highest BCUT2D eigenvalue weighted by molar-refractivity contribution is 5.92. The van der Waals surface area contributed by atoms with E-state index >= 15 is 0 Å². The molecular weight excluding hydrogens is 262 g/mol. The molecule has 0 saturated carbocycles. The van der Waals surface area contributed by atoms with Gasteiger partial charge in [0.05, 0.1) is 0 Å². The minimum absolute atomic E-state index is 0.204. The van der Waals surface area contributed by atoms with Gasteiger partial charge in [-0.15, -0.1) is 0 Å². The van der Waals surface area contributed by atoms with Crippen molar-refractivity contribution in [2.24, 2.45) is 5.73 Å². The summed E-state index contributed by atoms with van der Waals surface area (Å²) >= 11 is 0. The Bertz CT molecular complexity index is 579. The number of nitrogens with one attached hydrogen (secondary N) is 1. The number of aromatic nitrogens is 1. The van der Waals surface area contributed by atoms with Gasteiger partial charge in [0.1, 0.15) is 5.69 Å². The van der Waals surface area contributed by atoms with Crippen molar-refractivity contribution in [1.82, 2.24) is 10.3 Å². The van der Waals surface area contributed by atoms with Crippen LogP contribution in [0.5, 0.6) is 0 Å². The lowest BCUT2D eigenvalue weighted by atomic mass is 9.99. The Hall–Kier alpha value is -2.20. The van der Waals surface area contributed by atoms with Gasteiger partial charge in [-0.3, -0.25) is 9.78 Å². The largest absolute Gasteiger partial charge is 0.349 e. The molecule has 2 rings (SSSR count). The standard InChI is InChI=1S/C17H21N3O/c1-12(2)13-6-8-14(9-7-13)15(18)11-20-17(21)16-5-3-4-10-19-16/h3-10,12,15H,11,18H2,1-2H3,(H,20,21). The first-order valence-electron chi connectivity index (χ1n) is 7.12. The number of carbonyl (C=O) groups is 1. The topological polar surface area (TPSA) is 68.0 Å². The maximum atomic E-state index is 11.9. The van der Waals surface area contributed by atoms with Gasteiger partial charge in [0, 0.05) is 18.8 Å². The summed E-state index contributed by atoms with van der Waals surface area (Å²) in [6.45, 7) is 4.69. The lowest BCUT2D eigenvalue weighted by Crippen LogP contribution is -2.32. The maximum absolute atomic E-state index is 11.9. The molecule has 0 saturated heterocycles. The molecule has 1 unspecified atom stereocenters. The van der Waals surface area contributed by atoms with Gasteiger partial charge in [-0.1, -0.05) is 44.2 Å². The van der Waals surface area contributed by atoms with Crippen LogP contribution in [0.1, 0.15) is 47.4 Å². The van der Waals surface area contributed by atoms with Gasteiger partial charge in [0.25, 0.3) is 5.91 Å². The molecule has 0 aliphatic heterocycles. The molecule has 0 fully saturated rings. The van der Waals surface area contributed by atoms with Crippen LogP contribution >= 0.6 is 0 Å². The summed E-state index contributed by atoms with van der Waals surface area (Å²) in [6.07, 6.45) is 1.60. The molecule has 3 N–H and O–H groups in total. The zero-order chi connectivity index (χ0) is 15.2. The monoisotopic (exact) mass is 283 g/mol. The zero-order valence-electron chi connectivity index (χ0n) is 12.4. The summed E-state index contributed by atoms with van der Waals surface area (Å²) in [5.41, 5.74) is 8.81. The smallest absolute Gasteiger partial charge is 0.269 e. The lowest BCUT2D eigenvalue weighted by molar-refractivity contribution is 0.0946. The molecule has 0 spiro atoms. The van der Waals surface area contributed by atoms with Crippen LogP contribution in [0.2, 0.25) is 0 Å². The van der Waals surface area contributed by atoms with E-state index in [4.69, 9.17) is 5.73 Å². The van der Waals surface area contributed by atoms with Gasteiger partial charge in [0.2, 0.25) is 0 Å². The average Bonchev–Trinajstić information content (AvgIpc) is 2.53. The van der Waals surface area contributed by atoms with E-state index in [1.54, 1.807) is 24.4 Å². The number of nitrogens with two attached hydrogens (primary N) is 1. The van der Waals surface area contributed by atoms with E-state index in [9.17, 15) is 4.79 Å².